The lowest BCUT2D eigenvalue weighted by molar-refractivity contribution is 0.105. The van der Waals surface area contributed by atoms with Crippen molar-refractivity contribution in [2.75, 3.05) is 6.61 Å². The Morgan fingerprint density at radius 2 is 1.90 bits per heavy atom. The van der Waals surface area contributed by atoms with Gasteiger partial charge in [0.25, 0.3) is 0 Å². The van der Waals surface area contributed by atoms with E-state index in [1.807, 2.05) is 37.3 Å². The lowest BCUT2D eigenvalue weighted by Crippen LogP contribution is -2.03. The van der Waals surface area contributed by atoms with Crippen LogP contribution in [0.15, 0.2) is 87.9 Å². The van der Waals surface area contributed by atoms with E-state index in [1.165, 1.54) is 0 Å². The Hall–Kier alpha value is -3.86. The summed E-state index contributed by atoms with van der Waals surface area (Å²) in [5.41, 5.74) is 2.20. The Labute approximate surface area is 167 Å². The van der Waals surface area contributed by atoms with Crippen LogP contribution in [0.1, 0.15) is 28.9 Å². The van der Waals surface area contributed by atoms with Crippen molar-refractivity contribution < 1.29 is 18.4 Å². The van der Waals surface area contributed by atoms with Crippen molar-refractivity contribution in [1.82, 2.24) is 4.98 Å². The van der Waals surface area contributed by atoms with E-state index in [2.05, 4.69) is 4.98 Å². The highest BCUT2D eigenvalue weighted by Crippen LogP contribution is 2.25. The van der Waals surface area contributed by atoms with Crippen molar-refractivity contribution in [2.45, 2.75) is 6.92 Å². The number of aromatic nitrogens is 1. The Balaban J connectivity index is 1.71. The van der Waals surface area contributed by atoms with E-state index in [1.54, 1.807) is 54.8 Å². The normalized spacial score (nSPS) is 12.0. The first kappa shape index (κ1) is 18.5. The third kappa shape index (κ3) is 4.19. The lowest BCUT2D eigenvalue weighted by atomic mass is 10.0. The lowest BCUT2D eigenvalue weighted by Gasteiger charge is -2.05. The zero-order chi connectivity index (χ0) is 20.1. The van der Waals surface area contributed by atoms with E-state index >= 15 is 0 Å². The van der Waals surface area contributed by atoms with Gasteiger partial charge in [-0.05, 0) is 67.6 Å². The number of rotatable bonds is 7. The molecule has 2 heterocycles. The van der Waals surface area contributed by atoms with Crippen molar-refractivity contribution in [3.8, 4) is 5.75 Å². The number of carbonyl (C=O) groups is 1. The number of furan rings is 1. The second-order valence-electron chi connectivity index (χ2n) is 6.23. The summed E-state index contributed by atoms with van der Waals surface area (Å²) in [5.74, 6) is 1.48. The summed E-state index contributed by atoms with van der Waals surface area (Å²) in [6.07, 6.45) is 6.80. The molecule has 5 nitrogen and oxygen atoms in total. The molecule has 0 aliphatic carbocycles. The SMILES string of the molecule is CCOc1ccc(C(=O)/C(=C/C=C/c2ccco2)c2nc3ccccc3o2)cc1. The first-order chi connectivity index (χ1) is 14.2. The number of hydrogen-bond acceptors (Lipinski definition) is 5. The molecule has 2 aromatic heterocycles. The minimum Gasteiger partial charge on any atom is -0.494 e. The largest absolute Gasteiger partial charge is 0.494 e. The second kappa shape index (κ2) is 8.44. The molecule has 4 rings (SSSR count). The third-order valence-corrected chi connectivity index (χ3v) is 4.26. The number of ketones is 1. The molecule has 0 amide bonds. The van der Waals surface area contributed by atoms with Crippen molar-refractivity contribution in [1.29, 1.82) is 0 Å². The van der Waals surface area contributed by atoms with Crippen LogP contribution < -0.4 is 4.74 Å². The highest BCUT2D eigenvalue weighted by atomic mass is 16.5. The fourth-order valence-electron chi connectivity index (χ4n) is 2.88. The molecule has 0 unspecified atom stereocenters. The quantitative estimate of drug-likeness (QED) is 0.228. The molecule has 144 valence electrons. The summed E-state index contributed by atoms with van der Waals surface area (Å²) in [7, 11) is 0. The van der Waals surface area contributed by atoms with Gasteiger partial charge in [-0.25, -0.2) is 4.98 Å². The van der Waals surface area contributed by atoms with Crippen molar-refractivity contribution in [3.05, 3.63) is 96.3 Å². The number of ether oxygens (including phenoxy) is 1. The van der Waals surface area contributed by atoms with Gasteiger partial charge < -0.3 is 13.6 Å². The number of carbonyl (C=O) groups excluding carboxylic acids is 1. The van der Waals surface area contributed by atoms with Gasteiger partial charge >= 0.3 is 0 Å². The number of nitrogens with zero attached hydrogens (tertiary/aromatic N) is 1. The first-order valence-corrected chi connectivity index (χ1v) is 9.30. The summed E-state index contributed by atoms with van der Waals surface area (Å²) in [4.78, 5) is 17.7. The van der Waals surface area contributed by atoms with Gasteiger partial charge in [-0.15, -0.1) is 0 Å². The molecule has 29 heavy (non-hydrogen) atoms. The summed E-state index contributed by atoms with van der Waals surface area (Å²) in [6.45, 7) is 2.48. The van der Waals surface area contributed by atoms with Crippen molar-refractivity contribution in [2.24, 2.45) is 0 Å². The van der Waals surface area contributed by atoms with Crippen LogP contribution in [-0.2, 0) is 0 Å². The van der Waals surface area contributed by atoms with Gasteiger partial charge in [-0.1, -0.05) is 18.2 Å². The van der Waals surface area contributed by atoms with Crippen LogP contribution >= 0.6 is 0 Å². The average Bonchev–Trinajstić information content (AvgIpc) is 3.41. The predicted molar refractivity (Wildman–Crippen MR) is 112 cm³/mol. The predicted octanol–water partition coefficient (Wildman–Crippen LogP) is 5.80. The third-order valence-electron chi connectivity index (χ3n) is 4.26. The highest BCUT2D eigenvalue weighted by molar-refractivity contribution is 6.28. The fraction of sp³-hybridized carbons (Fsp3) is 0.0833. The zero-order valence-corrected chi connectivity index (χ0v) is 15.9. The van der Waals surface area contributed by atoms with Crippen molar-refractivity contribution in [3.63, 3.8) is 0 Å². The molecule has 0 saturated heterocycles. The number of oxazole rings is 1. The van der Waals surface area contributed by atoms with E-state index in [0.29, 0.717) is 40.4 Å². The van der Waals surface area contributed by atoms with Crippen LogP contribution in [0.25, 0.3) is 22.7 Å². The molecule has 0 spiro atoms. The van der Waals surface area contributed by atoms with Crippen LogP contribution in [0.2, 0.25) is 0 Å². The molecule has 0 fully saturated rings. The topological polar surface area (TPSA) is 65.5 Å². The van der Waals surface area contributed by atoms with Crippen LogP contribution in [0.3, 0.4) is 0 Å². The van der Waals surface area contributed by atoms with Gasteiger partial charge in [-0.3, -0.25) is 4.79 Å². The molecule has 0 N–H and O–H groups in total. The summed E-state index contributed by atoms with van der Waals surface area (Å²) < 4.78 is 16.6. The van der Waals surface area contributed by atoms with Gasteiger partial charge in [0, 0.05) is 5.56 Å². The number of para-hydroxylation sites is 2. The van der Waals surface area contributed by atoms with Gasteiger partial charge in [0.15, 0.2) is 11.4 Å². The Morgan fingerprint density at radius 3 is 2.62 bits per heavy atom. The minimum absolute atomic E-state index is 0.191. The smallest absolute Gasteiger partial charge is 0.231 e. The van der Waals surface area contributed by atoms with Gasteiger partial charge in [0.1, 0.15) is 17.0 Å². The zero-order valence-electron chi connectivity index (χ0n) is 15.9. The molecule has 0 aliphatic heterocycles. The summed E-state index contributed by atoms with van der Waals surface area (Å²) in [6, 6.07) is 18.1. The summed E-state index contributed by atoms with van der Waals surface area (Å²) >= 11 is 0. The number of hydrogen-bond donors (Lipinski definition) is 0. The van der Waals surface area contributed by atoms with Crippen LogP contribution in [0.4, 0.5) is 0 Å². The maximum absolute atomic E-state index is 13.2. The van der Waals surface area contributed by atoms with Gasteiger partial charge in [-0.2, -0.15) is 0 Å². The molecule has 0 atom stereocenters. The average molecular weight is 385 g/mol. The van der Waals surface area contributed by atoms with Crippen LogP contribution in [-0.4, -0.2) is 17.4 Å². The number of allylic oxidation sites excluding steroid dienone is 3. The molecule has 0 radical (unpaired) electrons. The van der Waals surface area contributed by atoms with Crippen LogP contribution in [0, 0.1) is 0 Å². The highest BCUT2D eigenvalue weighted by Gasteiger charge is 2.19. The Morgan fingerprint density at radius 1 is 1.07 bits per heavy atom. The second-order valence-corrected chi connectivity index (χ2v) is 6.23. The monoisotopic (exact) mass is 385 g/mol. The number of fused-ring (bicyclic) bond motifs is 1. The molecular weight excluding hydrogens is 366 g/mol. The van der Waals surface area contributed by atoms with E-state index < -0.39 is 0 Å². The molecule has 5 heteroatoms. The van der Waals surface area contributed by atoms with Crippen molar-refractivity contribution >= 4 is 28.5 Å². The molecular formula is C24H19NO4. The standard InChI is InChI=1S/C24H19NO4/c1-2-27-19-14-12-17(13-15-19)23(26)20(9-5-7-18-8-6-16-28-18)24-25-21-10-3-4-11-22(21)29-24/h3-16H,2H2,1H3/b7-5+,20-9-. The van der Waals surface area contributed by atoms with E-state index in [0.717, 1.165) is 0 Å². The molecule has 0 bridgehead atoms. The van der Waals surface area contributed by atoms with E-state index in [-0.39, 0.29) is 11.7 Å². The first-order valence-electron chi connectivity index (χ1n) is 9.30. The number of Topliss-reactive ketones (excluding diaryl/α,β-unsaturated/α-hetero) is 1. The van der Waals surface area contributed by atoms with Gasteiger partial charge in [0.05, 0.1) is 18.4 Å². The maximum atomic E-state index is 13.2. The molecule has 4 aromatic rings. The molecule has 0 aliphatic rings. The van der Waals surface area contributed by atoms with Crippen LogP contribution in [0.5, 0.6) is 5.75 Å². The maximum Gasteiger partial charge on any atom is 0.231 e. The van der Waals surface area contributed by atoms with E-state index in [9.17, 15) is 4.79 Å². The Bertz CT molecular complexity index is 1130. The van der Waals surface area contributed by atoms with E-state index in [4.69, 9.17) is 13.6 Å². The Kier molecular flexibility index (Phi) is 5.38. The van der Waals surface area contributed by atoms with Gasteiger partial charge in [0.2, 0.25) is 5.89 Å². The summed E-state index contributed by atoms with van der Waals surface area (Å²) in [5, 5.41) is 0. The number of benzene rings is 2. The molecule has 2 aromatic carbocycles. The fourth-order valence-corrected chi connectivity index (χ4v) is 2.88. The minimum atomic E-state index is -0.191. The molecule has 0 saturated carbocycles.